The molecule has 0 bridgehead atoms. The number of nitrogens with two attached hydrogens (primary N) is 1. The summed E-state index contributed by atoms with van der Waals surface area (Å²) in [4.78, 5) is 10.5. The number of hydrogen-bond acceptors (Lipinski definition) is 3. The van der Waals surface area contributed by atoms with E-state index >= 15 is 0 Å². The second-order valence-corrected chi connectivity index (χ2v) is 3.38. The molecule has 1 aromatic carbocycles. The molecule has 0 saturated heterocycles. The van der Waals surface area contributed by atoms with Crippen LogP contribution in [0.15, 0.2) is 12.1 Å². The number of phenols is 1. The Morgan fingerprint density at radius 3 is 2.73 bits per heavy atom. The van der Waals surface area contributed by atoms with Gasteiger partial charge in [0.25, 0.3) is 0 Å². The van der Waals surface area contributed by atoms with Gasteiger partial charge in [0, 0.05) is 6.42 Å². The quantitative estimate of drug-likeness (QED) is 0.693. The number of carbonyl (C=O) groups is 1. The summed E-state index contributed by atoms with van der Waals surface area (Å²) in [6.07, 6.45) is -0.0975. The second kappa shape index (κ2) is 4.27. The van der Waals surface area contributed by atoms with Gasteiger partial charge in [-0.3, -0.25) is 4.79 Å². The number of rotatable bonds is 3. The van der Waals surface area contributed by atoms with Crippen molar-refractivity contribution >= 4 is 5.97 Å². The second-order valence-electron chi connectivity index (χ2n) is 3.38. The molecule has 0 saturated carbocycles. The van der Waals surface area contributed by atoms with Crippen molar-refractivity contribution in [3.63, 3.8) is 0 Å². The van der Waals surface area contributed by atoms with Crippen molar-refractivity contribution in [3.8, 4) is 5.75 Å². The number of carboxylic acids is 1. The molecule has 0 aliphatic rings. The summed E-state index contributed by atoms with van der Waals surface area (Å²) in [5.74, 6) is -1.80. The lowest BCUT2D eigenvalue weighted by molar-refractivity contribution is -0.138. The van der Waals surface area contributed by atoms with E-state index in [9.17, 15) is 14.3 Å². The van der Waals surface area contributed by atoms with Crippen LogP contribution in [0.1, 0.15) is 11.1 Å². The number of benzene rings is 1. The third-order valence-corrected chi connectivity index (χ3v) is 2.10. The van der Waals surface area contributed by atoms with Gasteiger partial charge in [-0.25, -0.2) is 4.39 Å². The molecule has 1 atom stereocenters. The Bertz CT molecular complexity index is 392. The molecule has 5 heteroatoms. The zero-order chi connectivity index (χ0) is 11.6. The highest BCUT2D eigenvalue weighted by Crippen LogP contribution is 2.24. The van der Waals surface area contributed by atoms with Gasteiger partial charge in [-0.05, 0) is 30.2 Å². The zero-order valence-electron chi connectivity index (χ0n) is 8.20. The summed E-state index contributed by atoms with van der Waals surface area (Å²) in [6.45, 7) is 1.54. The average Bonchev–Trinajstić information content (AvgIpc) is 2.13. The molecule has 1 rings (SSSR count). The molecule has 0 fully saturated rings. The molecular weight excluding hydrogens is 201 g/mol. The monoisotopic (exact) mass is 213 g/mol. The highest BCUT2D eigenvalue weighted by Gasteiger charge is 2.16. The molecular formula is C10H12FNO3. The minimum atomic E-state index is -1.18. The maximum atomic E-state index is 13.0. The van der Waals surface area contributed by atoms with Crippen LogP contribution in [-0.2, 0) is 11.2 Å². The number of carboxylic acid groups (broad SMARTS) is 1. The van der Waals surface area contributed by atoms with Crippen LogP contribution in [-0.4, -0.2) is 22.2 Å². The van der Waals surface area contributed by atoms with Gasteiger partial charge in [-0.2, -0.15) is 0 Å². The van der Waals surface area contributed by atoms with Crippen LogP contribution < -0.4 is 5.73 Å². The van der Waals surface area contributed by atoms with Gasteiger partial charge in [0.15, 0.2) is 0 Å². The summed E-state index contributed by atoms with van der Waals surface area (Å²) in [7, 11) is 0. The maximum Gasteiger partial charge on any atom is 0.320 e. The Hall–Kier alpha value is -1.62. The fourth-order valence-corrected chi connectivity index (χ4v) is 1.28. The zero-order valence-corrected chi connectivity index (χ0v) is 8.20. The van der Waals surface area contributed by atoms with Gasteiger partial charge in [-0.1, -0.05) is 0 Å². The summed E-state index contributed by atoms with van der Waals surface area (Å²) in [5, 5.41) is 18.1. The molecule has 0 spiro atoms. The SMILES string of the molecule is Cc1cc(F)cc(CC(N)C(=O)O)c1O. The van der Waals surface area contributed by atoms with Gasteiger partial charge in [-0.15, -0.1) is 0 Å². The van der Waals surface area contributed by atoms with E-state index in [1.807, 2.05) is 0 Å². The summed E-state index contributed by atoms with van der Waals surface area (Å²) in [5.41, 5.74) is 5.86. The Morgan fingerprint density at radius 2 is 2.20 bits per heavy atom. The molecule has 0 aromatic heterocycles. The highest BCUT2D eigenvalue weighted by molar-refractivity contribution is 5.73. The van der Waals surface area contributed by atoms with Crippen molar-refractivity contribution in [2.75, 3.05) is 0 Å². The van der Waals surface area contributed by atoms with Crippen LogP contribution in [0.3, 0.4) is 0 Å². The number of aliphatic carboxylic acids is 1. The Morgan fingerprint density at radius 1 is 1.60 bits per heavy atom. The molecule has 1 unspecified atom stereocenters. The van der Waals surface area contributed by atoms with Crippen molar-refractivity contribution < 1.29 is 19.4 Å². The smallest absolute Gasteiger partial charge is 0.320 e. The Kier molecular flexibility index (Phi) is 3.26. The molecule has 0 aliphatic carbocycles. The molecule has 0 aliphatic heterocycles. The minimum absolute atomic E-state index is 0.0975. The van der Waals surface area contributed by atoms with Crippen LogP contribution in [0, 0.1) is 12.7 Å². The predicted molar refractivity (Wildman–Crippen MR) is 52.1 cm³/mol. The van der Waals surface area contributed by atoms with E-state index in [1.165, 1.54) is 13.0 Å². The summed E-state index contributed by atoms with van der Waals surface area (Å²) in [6, 6.07) is 1.12. The fraction of sp³-hybridized carbons (Fsp3) is 0.300. The van der Waals surface area contributed by atoms with Crippen molar-refractivity contribution in [1.29, 1.82) is 0 Å². The molecule has 4 N–H and O–H groups in total. The Balaban J connectivity index is 2.99. The van der Waals surface area contributed by atoms with Gasteiger partial charge >= 0.3 is 5.97 Å². The molecule has 1 aromatic rings. The van der Waals surface area contributed by atoms with Crippen molar-refractivity contribution in [2.24, 2.45) is 5.73 Å². The maximum absolute atomic E-state index is 13.0. The highest BCUT2D eigenvalue weighted by atomic mass is 19.1. The molecule has 15 heavy (non-hydrogen) atoms. The van der Waals surface area contributed by atoms with Crippen LogP contribution in [0.2, 0.25) is 0 Å². The molecule has 0 radical (unpaired) electrons. The molecule has 0 amide bonds. The van der Waals surface area contributed by atoms with E-state index in [2.05, 4.69) is 0 Å². The predicted octanol–water partition coefficient (Wildman–Crippen LogP) is 0.794. The number of halogens is 1. The normalized spacial score (nSPS) is 12.5. The van der Waals surface area contributed by atoms with Crippen molar-refractivity contribution in [3.05, 3.63) is 29.1 Å². The van der Waals surface area contributed by atoms with E-state index in [0.717, 1.165) is 6.07 Å². The Labute approximate surface area is 86.1 Å². The van der Waals surface area contributed by atoms with Gasteiger partial charge in [0.2, 0.25) is 0 Å². The van der Waals surface area contributed by atoms with Crippen molar-refractivity contribution in [1.82, 2.24) is 0 Å². The summed E-state index contributed by atoms with van der Waals surface area (Å²) >= 11 is 0. The number of hydrogen-bond donors (Lipinski definition) is 3. The summed E-state index contributed by atoms with van der Waals surface area (Å²) < 4.78 is 13.0. The number of phenolic OH excluding ortho intramolecular Hbond substituents is 1. The number of aryl methyl sites for hydroxylation is 1. The first-order chi connectivity index (χ1) is 6.91. The van der Waals surface area contributed by atoms with Crippen LogP contribution in [0.4, 0.5) is 4.39 Å². The van der Waals surface area contributed by atoms with Gasteiger partial charge in [0.1, 0.15) is 17.6 Å². The fourth-order valence-electron chi connectivity index (χ4n) is 1.28. The first kappa shape index (κ1) is 11.5. The van der Waals surface area contributed by atoms with Crippen LogP contribution in [0.5, 0.6) is 5.75 Å². The molecule has 4 nitrogen and oxygen atoms in total. The lowest BCUT2D eigenvalue weighted by atomic mass is 10.0. The first-order valence-electron chi connectivity index (χ1n) is 4.38. The third-order valence-electron chi connectivity index (χ3n) is 2.10. The number of aromatic hydroxyl groups is 1. The molecule has 82 valence electrons. The van der Waals surface area contributed by atoms with E-state index in [0.29, 0.717) is 5.56 Å². The topological polar surface area (TPSA) is 83.6 Å². The largest absolute Gasteiger partial charge is 0.507 e. The van der Waals surface area contributed by atoms with E-state index in [4.69, 9.17) is 10.8 Å². The van der Waals surface area contributed by atoms with E-state index in [1.54, 1.807) is 0 Å². The van der Waals surface area contributed by atoms with E-state index in [-0.39, 0.29) is 17.7 Å². The average molecular weight is 213 g/mol. The van der Waals surface area contributed by atoms with Gasteiger partial charge < -0.3 is 15.9 Å². The standard InChI is InChI=1S/C10H12FNO3/c1-5-2-7(11)3-6(9(5)13)4-8(12)10(14)15/h2-3,8,13H,4,12H2,1H3,(H,14,15). The van der Waals surface area contributed by atoms with E-state index < -0.39 is 17.8 Å². The lowest BCUT2D eigenvalue weighted by Gasteiger charge is -2.10. The lowest BCUT2D eigenvalue weighted by Crippen LogP contribution is -2.32. The molecule has 0 heterocycles. The third kappa shape index (κ3) is 2.66. The van der Waals surface area contributed by atoms with Crippen LogP contribution >= 0.6 is 0 Å². The minimum Gasteiger partial charge on any atom is -0.507 e. The van der Waals surface area contributed by atoms with Crippen molar-refractivity contribution in [2.45, 2.75) is 19.4 Å². The van der Waals surface area contributed by atoms with Crippen LogP contribution in [0.25, 0.3) is 0 Å². The van der Waals surface area contributed by atoms with Gasteiger partial charge in [0.05, 0.1) is 0 Å². The first-order valence-corrected chi connectivity index (χ1v) is 4.38.